The first-order valence-electron chi connectivity index (χ1n) is 4.98. The first-order chi connectivity index (χ1) is 8.80. The Morgan fingerprint density at radius 3 is 2.11 bits per heavy atom. The molecule has 0 saturated heterocycles. The van der Waals surface area contributed by atoms with E-state index < -0.39 is 11.7 Å². The first-order valence-corrected chi connectivity index (χ1v) is 6.11. The van der Waals surface area contributed by atoms with Gasteiger partial charge in [-0.05, 0) is 24.3 Å². The molecule has 1 heterocycles. The predicted molar refractivity (Wildman–Crippen MR) is 69.7 cm³/mol. The highest BCUT2D eigenvalue weighted by Crippen LogP contribution is 2.38. The van der Waals surface area contributed by atoms with Crippen LogP contribution in [0.15, 0.2) is 30.5 Å². The number of pyridine rings is 1. The monoisotopic (exact) mass is 325 g/mol. The van der Waals surface area contributed by atoms with Gasteiger partial charge in [-0.1, -0.05) is 34.8 Å². The van der Waals surface area contributed by atoms with Crippen LogP contribution in [0.25, 0.3) is 11.3 Å². The SMILES string of the molecule is FC(F)(F)c1ccc(-c2ccc(Cl)c(Cl)c2Cl)nc1. The largest absolute Gasteiger partial charge is 0.417 e. The van der Waals surface area contributed by atoms with E-state index in [1.54, 1.807) is 6.07 Å². The van der Waals surface area contributed by atoms with Gasteiger partial charge in [0.05, 0.1) is 26.3 Å². The molecule has 0 amide bonds. The zero-order valence-electron chi connectivity index (χ0n) is 9.10. The lowest BCUT2D eigenvalue weighted by Gasteiger charge is -2.09. The van der Waals surface area contributed by atoms with Gasteiger partial charge >= 0.3 is 6.18 Å². The van der Waals surface area contributed by atoms with Crippen LogP contribution in [0.2, 0.25) is 15.1 Å². The van der Waals surface area contributed by atoms with Gasteiger partial charge < -0.3 is 0 Å². The van der Waals surface area contributed by atoms with E-state index in [1.807, 2.05) is 0 Å². The van der Waals surface area contributed by atoms with Crippen LogP contribution < -0.4 is 0 Å². The number of aromatic nitrogens is 1. The lowest BCUT2D eigenvalue weighted by Crippen LogP contribution is -2.05. The molecule has 19 heavy (non-hydrogen) atoms. The average molecular weight is 327 g/mol. The third kappa shape index (κ3) is 2.96. The Hall–Kier alpha value is -0.970. The van der Waals surface area contributed by atoms with Gasteiger partial charge in [-0.25, -0.2) is 0 Å². The van der Waals surface area contributed by atoms with Crippen LogP contribution >= 0.6 is 34.8 Å². The molecule has 2 rings (SSSR count). The van der Waals surface area contributed by atoms with Gasteiger partial charge in [0, 0.05) is 11.8 Å². The van der Waals surface area contributed by atoms with Crippen molar-refractivity contribution in [1.29, 1.82) is 0 Å². The molecule has 0 N–H and O–H groups in total. The third-order valence-corrected chi connectivity index (χ3v) is 3.70. The molecule has 100 valence electrons. The van der Waals surface area contributed by atoms with Crippen LogP contribution in [0.3, 0.4) is 0 Å². The van der Waals surface area contributed by atoms with Crippen LogP contribution in [0.4, 0.5) is 13.2 Å². The van der Waals surface area contributed by atoms with Crippen molar-refractivity contribution in [3.8, 4) is 11.3 Å². The van der Waals surface area contributed by atoms with E-state index in [2.05, 4.69) is 4.98 Å². The summed E-state index contributed by atoms with van der Waals surface area (Å²) in [7, 11) is 0. The molecule has 7 heteroatoms. The van der Waals surface area contributed by atoms with E-state index in [4.69, 9.17) is 34.8 Å². The molecule has 0 aliphatic carbocycles. The van der Waals surface area contributed by atoms with E-state index in [0.29, 0.717) is 5.56 Å². The molecular formula is C12H5Cl3F3N. The maximum atomic E-state index is 12.4. The molecule has 0 unspecified atom stereocenters. The van der Waals surface area contributed by atoms with E-state index in [9.17, 15) is 13.2 Å². The molecule has 2 aromatic rings. The summed E-state index contributed by atoms with van der Waals surface area (Å²) in [5.74, 6) is 0. The van der Waals surface area contributed by atoms with Gasteiger partial charge in [0.2, 0.25) is 0 Å². The summed E-state index contributed by atoms with van der Waals surface area (Å²) >= 11 is 17.6. The third-order valence-electron chi connectivity index (χ3n) is 2.40. The Balaban J connectivity index is 2.46. The van der Waals surface area contributed by atoms with Crippen LogP contribution in [-0.2, 0) is 6.18 Å². The fraction of sp³-hybridized carbons (Fsp3) is 0.0833. The van der Waals surface area contributed by atoms with Crippen molar-refractivity contribution in [2.75, 3.05) is 0 Å². The van der Waals surface area contributed by atoms with Gasteiger partial charge in [-0.2, -0.15) is 13.2 Å². The lowest BCUT2D eigenvalue weighted by molar-refractivity contribution is -0.137. The summed E-state index contributed by atoms with van der Waals surface area (Å²) in [6.45, 7) is 0. The van der Waals surface area contributed by atoms with E-state index >= 15 is 0 Å². The standard InChI is InChI=1S/C12H5Cl3F3N/c13-8-3-2-7(10(14)11(8)15)9-4-1-6(5-19-9)12(16,17)18/h1-5H. The van der Waals surface area contributed by atoms with Crippen molar-refractivity contribution in [3.63, 3.8) is 0 Å². The zero-order valence-corrected chi connectivity index (χ0v) is 11.4. The van der Waals surface area contributed by atoms with Crippen molar-refractivity contribution in [3.05, 3.63) is 51.1 Å². The topological polar surface area (TPSA) is 12.9 Å². The molecule has 0 aliphatic heterocycles. The number of halogens is 6. The molecule has 1 nitrogen and oxygen atoms in total. The van der Waals surface area contributed by atoms with Crippen LogP contribution in [-0.4, -0.2) is 4.98 Å². The molecule has 0 saturated carbocycles. The van der Waals surface area contributed by atoms with Gasteiger partial charge in [-0.15, -0.1) is 0 Å². The normalized spacial score (nSPS) is 11.7. The molecule has 1 aromatic heterocycles. The second-order valence-corrected chi connectivity index (χ2v) is 4.82. The minimum Gasteiger partial charge on any atom is -0.256 e. The Kier molecular flexibility index (Phi) is 3.95. The summed E-state index contributed by atoms with van der Waals surface area (Å²) in [6.07, 6.45) is -3.68. The molecule has 0 bridgehead atoms. The maximum absolute atomic E-state index is 12.4. The molecular weight excluding hydrogens is 321 g/mol. The molecule has 0 spiro atoms. The number of hydrogen-bond donors (Lipinski definition) is 0. The summed E-state index contributed by atoms with van der Waals surface area (Å²) in [5.41, 5.74) is -0.117. The fourth-order valence-electron chi connectivity index (χ4n) is 1.44. The Bertz CT molecular complexity index is 609. The minimum atomic E-state index is -4.42. The lowest BCUT2D eigenvalue weighted by atomic mass is 10.1. The highest BCUT2D eigenvalue weighted by Gasteiger charge is 2.30. The van der Waals surface area contributed by atoms with Crippen molar-refractivity contribution < 1.29 is 13.2 Å². The van der Waals surface area contributed by atoms with E-state index in [1.165, 1.54) is 12.1 Å². The van der Waals surface area contributed by atoms with Gasteiger partial charge in [0.25, 0.3) is 0 Å². The number of nitrogens with zero attached hydrogens (tertiary/aromatic N) is 1. The average Bonchev–Trinajstić information content (AvgIpc) is 2.35. The van der Waals surface area contributed by atoms with E-state index in [-0.39, 0.29) is 20.8 Å². The molecule has 0 fully saturated rings. The highest BCUT2D eigenvalue weighted by molar-refractivity contribution is 6.49. The maximum Gasteiger partial charge on any atom is 0.417 e. The van der Waals surface area contributed by atoms with Crippen LogP contribution in [0.5, 0.6) is 0 Å². The molecule has 1 aromatic carbocycles. The zero-order chi connectivity index (χ0) is 14.2. The Morgan fingerprint density at radius 2 is 1.58 bits per heavy atom. The van der Waals surface area contributed by atoms with E-state index in [0.717, 1.165) is 12.3 Å². The van der Waals surface area contributed by atoms with Crippen molar-refractivity contribution in [2.45, 2.75) is 6.18 Å². The number of rotatable bonds is 1. The van der Waals surface area contributed by atoms with Gasteiger partial charge in [0.1, 0.15) is 0 Å². The summed E-state index contributed by atoms with van der Waals surface area (Å²) < 4.78 is 37.2. The van der Waals surface area contributed by atoms with Gasteiger partial charge in [-0.3, -0.25) is 4.98 Å². The second-order valence-electron chi connectivity index (χ2n) is 3.65. The highest BCUT2D eigenvalue weighted by atomic mass is 35.5. The minimum absolute atomic E-state index is 0.141. The first kappa shape index (κ1) is 14.4. The van der Waals surface area contributed by atoms with Crippen molar-refractivity contribution >= 4 is 34.8 Å². The van der Waals surface area contributed by atoms with Crippen molar-refractivity contribution in [2.24, 2.45) is 0 Å². The van der Waals surface area contributed by atoms with Crippen molar-refractivity contribution in [1.82, 2.24) is 4.98 Å². The summed E-state index contributed by atoms with van der Waals surface area (Å²) in [6, 6.07) is 5.21. The molecule has 0 radical (unpaired) electrons. The number of alkyl halides is 3. The summed E-state index contributed by atoms with van der Waals surface area (Å²) in [4.78, 5) is 3.74. The summed E-state index contributed by atoms with van der Waals surface area (Å²) in [5, 5.41) is 0.561. The van der Waals surface area contributed by atoms with Crippen LogP contribution in [0.1, 0.15) is 5.56 Å². The molecule has 0 atom stereocenters. The smallest absolute Gasteiger partial charge is 0.256 e. The quantitative estimate of drug-likeness (QED) is 0.610. The van der Waals surface area contributed by atoms with Gasteiger partial charge in [0.15, 0.2) is 0 Å². The predicted octanol–water partition coefficient (Wildman–Crippen LogP) is 5.73. The Morgan fingerprint density at radius 1 is 0.895 bits per heavy atom. The van der Waals surface area contributed by atoms with Crippen LogP contribution in [0, 0.1) is 0 Å². The number of benzene rings is 1. The fourth-order valence-corrected chi connectivity index (χ4v) is 2.08. The number of hydrogen-bond acceptors (Lipinski definition) is 1. The Labute approximate surface area is 121 Å². The molecule has 0 aliphatic rings. The second kappa shape index (κ2) is 5.19.